The maximum atomic E-state index is 11.0. The predicted molar refractivity (Wildman–Crippen MR) is 67.0 cm³/mol. The number of amides is 2. The summed E-state index contributed by atoms with van der Waals surface area (Å²) in [6.45, 7) is 1.61. The molecule has 0 radical (unpaired) electrons. The molecular weight excluding hydrogens is 250 g/mol. The third-order valence-electron chi connectivity index (χ3n) is 2.56. The van der Waals surface area contributed by atoms with Gasteiger partial charge in [-0.05, 0) is 12.5 Å². The molecule has 0 aliphatic heterocycles. The summed E-state index contributed by atoms with van der Waals surface area (Å²) >= 11 is 0. The van der Waals surface area contributed by atoms with Crippen molar-refractivity contribution in [3.63, 3.8) is 0 Å². The molecule has 5 N–H and O–H groups in total. The number of hydrogen-bond donors (Lipinski definition) is 4. The lowest BCUT2D eigenvalue weighted by Gasteiger charge is -2.18. The van der Waals surface area contributed by atoms with E-state index in [-0.39, 0.29) is 24.4 Å². The predicted octanol–water partition coefficient (Wildman–Crippen LogP) is -0.899. The van der Waals surface area contributed by atoms with E-state index in [1.54, 1.807) is 0 Å². The van der Waals surface area contributed by atoms with E-state index in [1.165, 1.54) is 25.4 Å². The number of aliphatic hydroxyl groups is 2. The zero-order valence-corrected chi connectivity index (χ0v) is 10.5. The number of carbonyl (C=O) groups excluding carboxylic acids is 2. The first-order chi connectivity index (χ1) is 8.91. The van der Waals surface area contributed by atoms with Crippen molar-refractivity contribution >= 4 is 11.8 Å². The van der Waals surface area contributed by atoms with Crippen LogP contribution in [0.3, 0.4) is 0 Å². The van der Waals surface area contributed by atoms with E-state index in [1.807, 2.05) is 0 Å². The molecule has 2 unspecified atom stereocenters. The molecule has 0 aliphatic rings. The molecule has 1 heterocycles. The van der Waals surface area contributed by atoms with Gasteiger partial charge in [-0.1, -0.05) is 0 Å². The van der Waals surface area contributed by atoms with Crippen LogP contribution in [-0.4, -0.2) is 39.7 Å². The normalized spacial score (nSPS) is 13.6. The molecule has 0 aliphatic carbocycles. The fourth-order valence-electron chi connectivity index (χ4n) is 1.53. The van der Waals surface area contributed by atoms with Gasteiger partial charge in [0, 0.05) is 31.4 Å². The third-order valence-corrected chi connectivity index (χ3v) is 2.56. The first-order valence-corrected chi connectivity index (χ1v) is 5.77. The Balaban J connectivity index is 2.65. The highest BCUT2D eigenvalue weighted by atomic mass is 16.3. The monoisotopic (exact) mass is 267 g/mol. The molecule has 1 rings (SSSR count). The van der Waals surface area contributed by atoms with Gasteiger partial charge < -0.3 is 21.3 Å². The van der Waals surface area contributed by atoms with Gasteiger partial charge in [0.05, 0.1) is 11.7 Å². The van der Waals surface area contributed by atoms with Gasteiger partial charge in [-0.15, -0.1) is 0 Å². The van der Waals surface area contributed by atoms with Crippen LogP contribution in [0.25, 0.3) is 0 Å². The average molecular weight is 267 g/mol. The Morgan fingerprint density at radius 2 is 2.11 bits per heavy atom. The number of nitrogens with two attached hydrogens (primary N) is 1. The third kappa shape index (κ3) is 4.65. The van der Waals surface area contributed by atoms with Gasteiger partial charge in [-0.2, -0.15) is 0 Å². The number of nitrogens with zero attached hydrogens (tertiary/aromatic N) is 1. The highest BCUT2D eigenvalue weighted by molar-refractivity contribution is 5.92. The van der Waals surface area contributed by atoms with Crippen LogP contribution in [0, 0.1) is 0 Å². The number of hydrogen-bond acceptors (Lipinski definition) is 5. The van der Waals surface area contributed by atoms with E-state index < -0.39 is 18.1 Å². The minimum Gasteiger partial charge on any atom is -0.390 e. The maximum absolute atomic E-state index is 11.0. The minimum atomic E-state index is -1.19. The van der Waals surface area contributed by atoms with E-state index >= 15 is 0 Å². The first-order valence-electron chi connectivity index (χ1n) is 5.77. The second-order valence-electron chi connectivity index (χ2n) is 4.16. The van der Waals surface area contributed by atoms with Gasteiger partial charge in [0.1, 0.15) is 6.10 Å². The van der Waals surface area contributed by atoms with E-state index in [0.717, 1.165) is 0 Å². The Bertz CT molecular complexity index is 464. The summed E-state index contributed by atoms with van der Waals surface area (Å²) < 4.78 is 0. The van der Waals surface area contributed by atoms with Crippen LogP contribution in [0.4, 0.5) is 0 Å². The Labute approximate surface area is 110 Å². The Kier molecular flexibility index (Phi) is 5.40. The summed E-state index contributed by atoms with van der Waals surface area (Å²) in [5, 5.41) is 22.2. The largest absolute Gasteiger partial charge is 0.390 e. The molecule has 0 fully saturated rings. The molecule has 0 aromatic carbocycles. The Morgan fingerprint density at radius 3 is 2.68 bits per heavy atom. The summed E-state index contributed by atoms with van der Waals surface area (Å²) in [7, 11) is 0. The van der Waals surface area contributed by atoms with Crippen LogP contribution in [-0.2, 0) is 4.79 Å². The van der Waals surface area contributed by atoms with Crippen molar-refractivity contribution in [3.05, 3.63) is 29.6 Å². The average Bonchev–Trinajstić information content (AvgIpc) is 2.37. The van der Waals surface area contributed by atoms with Crippen LogP contribution in [0.5, 0.6) is 0 Å². The summed E-state index contributed by atoms with van der Waals surface area (Å²) in [5.41, 5.74) is 5.56. The summed E-state index contributed by atoms with van der Waals surface area (Å²) in [6.07, 6.45) is 0.542. The van der Waals surface area contributed by atoms with Gasteiger partial charge in [0.15, 0.2) is 0 Å². The molecule has 7 nitrogen and oxygen atoms in total. The standard InChI is InChI=1S/C12H17N3O4/c1-7(16)15-3-2-10(17)11(18)8-4-9(12(13)19)6-14-5-8/h4-6,10-11,17-18H,2-3H2,1H3,(H2,13,19)(H,15,16). The van der Waals surface area contributed by atoms with Crippen molar-refractivity contribution in [1.82, 2.24) is 10.3 Å². The Hall–Kier alpha value is -1.99. The molecule has 0 saturated carbocycles. The summed E-state index contributed by atoms with van der Waals surface area (Å²) in [4.78, 5) is 25.4. The molecule has 0 bridgehead atoms. The zero-order valence-electron chi connectivity index (χ0n) is 10.5. The van der Waals surface area contributed by atoms with Gasteiger partial charge in [0.2, 0.25) is 11.8 Å². The van der Waals surface area contributed by atoms with Gasteiger partial charge in [-0.25, -0.2) is 0 Å². The number of carbonyl (C=O) groups is 2. The number of nitrogens with one attached hydrogen (secondary N) is 1. The van der Waals surface area contributed by atoms with Crippen molar-refractivity contribution in [2.45, 2.75) is 25.6 Å². The second-order valence-corrected chi connectivity index (χ2v) is 4.16. The smallest absolute Gasteiger partial charge is 0.250 e. The Morgan fingerprint density at radius 1 is 1.42 bits per heavy atom. The highest BCUT2D eigenvalue weighted by Crippen LogP contribution is 2.18. The number of aromatic nitrogens is 1. The molecule has 0 saturated heterocycles. The molecule has 7 heteroatoms. The van der Waals surface area contributed by atoms with E-state index in [9.17, 15) is 19.8 Å². The lowest BCUT2D eigenvalue weighted by Crippen LogP contribution is -2.27. The lowest BCUT2D eigenvalue weighted by molar-refractivity contribution is -0.119. The fourth-order valence-corrected chi connectivity index (χ4v) is 1.53. The highest BCUT2D eigenvalue weighted by Gasteiger charge is 2.19. The van der Waals surface area contributed by atoms with Crippen LogP contribution in [0.2, 0.25) is 0 Å². The number of rotatable bonds is 6. The molecule has 19 heavy (non-hydrogen) atoms. The molecule has 0 spiro atoms. The van der Waals surface area contributed by atoms with Crippen molar-refractivity contribution in [1.29, 1.82) is 0 Å². The molecule has 104 valence electrons. The molecule has 2 amide bonds. The molecular formula is C12H17N3O4. The maximum Gasteiger partial charge on any atom is 0.250 e. The first kappa shape index (κ1) is 15.1. The summed E-state index contributed by atoms with van der Waals surface area (Å²) in [5.74, 6) is -0.867. The van der Waals surface area contributed by atoms with Crippen LogP contribution in [0.15, 0.2) is 18.5 Å². The fraction of sp³-hybridized carbons (Fsp3) is 0.417. The van der Waals surface area contributed by atoms with E-state index in [2.05, 4.69) is 10.3 Å². The van der Waals surface area contributed by atoms with E-state index in [0.29, 0.717) is 5.56 Å². The zero-order chi connectivity index (χ0) is 14.4. The quantitative estimate of drug-likeness (QED) is 0.531. The molecule has 1 aromatic heterocycles. The van der Waals surface area contributed by atoms with Gasteiger partial charge in [-0.3, -0.25) is 14.6 Å². The second kappa shape index (κ2) is 6.81. The van der Waals surface area contributed by atoms with Crippen molar-refractivity contribution in [2.24, 2.45) is 5.73 Å². The van der Waals surface area contributed by atoms with Crippen LogP contribution < -0.4 is 11.1 Å². The molecule has 2 atom stereocenters. The van der Waals surface area contributed by atoms with Gasteiger partial charge >= 0.3 is 0 Å². The lowest BCUT2D eigenvalue weighted by atomic mass is 10.0. The number of primary amides is 1. The number of aliphatic hydroxyl groups excluding tert-OH is 2. The summed E-state index contributed by atoms with van der Waals surface area (Å²) in [6, 6.07) is 1.38. The topological polar surface area (TPSA) is 126 Å². The SMILES string of the molecule is CC(=O)NCCC(O)C(O)c1cncc(C(N)=O)c1. The molecule has 1 aromatic rings. The minimum absolute atomic E-state index is 0.158. The van der Waals surface area contributed by atoms with Crippen LogP contribution >= 0.6 is 0 Å². The number of pyridine rings is 1. The van der Waals surface area contributed by atoms with Crippen molar-refractivity contribution in [2.75, 3.05) is 6.54 Å². The van der Waals surface area contributed by atoms with Crippen molar-refractivity contribution < 1.29 is 19.8 Å². The van der Waals surface area contributed by atoms with Crippen molar-refractivity contribution in [3.8, 4) is 0 Å². The van der Waals surface area contributed by atoms with E-state index in [4.69, 9.17) is 5.73 Å². The van der Waals surface area contributed by atoms with Gasteiger partial charge in [0.25, 0.3) is 0 Å². The van der Waals surface area contributed by atoms with Crippen LogP contribution in [0.1, 0.15) is 35.4 Å².